The summed E-state index contributed by atoms with van der Waals surface area (Å²) < 4.78 is 0. The maximum absolute atomic E-state index is 11.1. The van der Waals surface area contributed by atoms with Gasteiger partial charge in [0.2, 0.25) is 0 Å². The van der Waals surface area contributed by atoms with Gasteiger partial charge >= 0.3 is 5.97 Å². The summed E-state index contributed by atoms with van der Waals surface area (Å²) in [6, 6.07) is -0.290. The van der Waals surface area contributed by atoms with E-state index in [9.17, 15) is 4.79 Å². The molecule has 1 aliphatic carbocycles. The molecule has 0 bridgehead atoms. The lowest BCUT2D eigenvalue weighted by molar-refractivity contribution is -0.142. The molecule has 4 nitrogen and oxygen atoms in total. The number of carbonyl (C=O) groups is 1. The molecule has 0 aromatic rings. The van der Waals surface area contributed by atoms with Crippen LogP contribution in [0.3, 0.4) is 0 Å². The van der Waals surface area contributed by atoms with E-state index >= 15 is 0 Å². The van der Waals surface area contributed by atoms with Gasteiger partial charge in [0.25, 0.3) is 0 Å². The van der Waals surface area contributed by atoms with E-state index in [1.54, 1.807) is 0 Å². The quantitative estimate of drug-likeness (QED) is 0.755. The van der Waals surface area contributed by atoms with Crippen molar-refractivity contribution in [2.24, 2.45) is 11.7 Å². The highest BCUT2D eigenvalue weighted by Crippen LogP contribution is 2.27. The number of carboxylic acids is 1. The fourth-order valence-electron chi connectivity index (χ4n) is 3.10. The predicted molar refractivity (Wildman–Crippen MR) is 62.2 cm³/mol. The number of hydrogen-bond acceptors (Lipinski definition) is 3. The zero-order valence-electron chi connectivity index (χ0n) is 9.77. The Morgan fingerprint density at radius 2 is 2.00 bits per heavy atom. The molecule has 0 amide bonds. The van der Waals surface area contributed by atoms with Gasteiger partial charge in [0, 0.05) is 19.1 Å². The van der Waals surface area contributed by atoms with Gasteiger partial charge in [0.05, 0.1) is 0 Å². The van der Waals surface area contributed by atoms with E-state index in [4.69, 9.17) is 10.8 Å². The Morgan fingerprint density at radius 1 is 1.31 bits per heavy atom. The molecule has 2 aliphatic rings. The molecule has 1 saturated heterocycles. The molecule has 1 heterocycles. The van der Waals surface area contributed by atoms with Crippen molar-refractivity contribution in [3.63, 3.8) is 0 Å². The predicted octanol–water partition coefficient (Wildman–Crippen LogP) is 1.05. The Morgan fingerprint density at radius 3 is 2.62 bits per heavy atom. The maximum atomic E-state index is 11.1. The van der Waals surface area contributed by atoms with E-state index in [1.165, 1.54) is 32.1 Å². The van der Waals surface area contributed by atoms with Crippen molar-refractivity contribution in [3.8, 4) is 0 Å². The molecule has 16 heavy (non-hydrogen) atoms. The molecule has 2 rings (SSSR count). The first-order valence-electron chi connectivity index (χ1n) is 6.39. The highest BCUT2D eigenvalue weighted by atomic mass is 16.4. The lowest BCUT2D eigenvalue weighted by atomic mass is 9.89. The topological polar surface area (TPSA) is 66.6 Å². The Labute approximate surface area is 96.8 Å². The monoisotopic (exact) mass is 226 g/mol. The Balaban J connectivity index is 1.89. The van der Waals surface area contributed by atoms with Crippen LogP contribution in [-0.2, 0) is 4.79 Å². The molecule has 2 atom stereocenters. The molecule has 4 heteroatoms. The van der Waals surface area contributed by atoms with Crippen LogP contribution < -0.4 is 5.73 Å². The number of likely N-dealkylation sites (tertiary alicyclic amines) is 1. The first kappa shape index (κ1) is 11.9. The molecule has 1 aliphatic heterocycles. The maximum Gasteiger partial charge on any atom is 0.320 e. The van der Waals surface area contributed by atoms with E-state index in [0.29, 0.717) is 12.3 Å². The van der Waals surface area contributed by atoms with Crippen molar-refractivity contribution < 1.29 is 9.90 Å². The highest BCUT2D eigenvalue weighted by Gasteiger charge is 2.36. The van der Waals surface area contributed by atoms with Crippen LogP contribution in [0.15, 0.2) is 0 Å². The van der Waals surface area contributed by atoms with E-state index in [-0.39, 0.29) is 12.1 Å². The molecule has 92 valence electrons. The minimum atomic E-state index is -0.705. The molecule has 0 aromatic carbocycles. The second-order valence-corrected chi connectivity index (χ2v) is 5.31. The van der Waals surface area contributed by atoms with Crippen molar-refractivity contribution in [3.05, 3.63) is 0 Å². The van der Waals surface area contributed by atoms with Gasteiger partial charge in [-0.15, -0.1) is 0 Å². The smallest absolute Gasteiger partial charge is 0.320 e. The zero-order chi connectivity index (χ0) is 11.5. The number of nitrogens with two attached hydrogens (primary N) is 1. The first-order chi connectivity index (χ1) is 7.66. The second-order valence-electron chi connectivity index (χ2n) is 5.31. The summed E-state index contributed by atoms with van der Waals surface area (Å²) in [5, 5.41) is 9.13. The number of nitrogens with zero attached hydrogens (tertiary/aromatic N) is 1. The fraction of sp³-hybridized carbons (Fsp3) is 0.917. The third-order valence-corrected chi connectivity index (χ3v) is 3.94. The normalized spacial score (nSPS) is 33.1. The van der Waals surface area contributed by atoms with Crippen molar-refractivity contribution in [2.45, 2.75) is 50.6 Å². The Hall–Kier alpha value is -0.610. The van der Waals surface area contributed by atoms with Crippen LogP contribution >= 0.6 is 0 Å². The summed E-state index contributed by atoms with van der Waals surface area (Å²) in [6.45, 7) is 1.69. The summed E-state index contributed by atoms with van der Waals surface area (Å²) in [6.07, 6.45) is 7.10. The van der Waals surface area contributed by atoms with Crippen LogP contribution in [0.2, 0.25) is 0 Å². The van der Waals surface area contributed by atoms with Gasteiger partial charge in [0.15, 0.2) is 0 Å². The van der Waals surface area contributed by atoms with Crippen LogP contribution in [0.1, 0.15) is 38.5 Å². The average Bonchev–Trinajstić information content (AvgIpc) is 2.61. The van der Waals surface area contributed by atoms with E-state index in [0.717, 1.165) is 13.1 Å². The molecular formula is C12H22N2O2. The van der Waals surface area contributed by atoms with Crippen molar-refractivity contribution >= 4 is 5.97 Å². The van der Waals surface area contributed by atoms with Crippen molar-refractivity contribution in [1.29, 1.82) is 0 Å². The van der Waals surface area contributed by atoms with Gasteiger partial charge < -0.3 is 10.8 Å². The van der Waals surface area contributed by atoms with Gasteiger partial charge in [-0.05, 0) is 25.2 Å². The number of carboxylic acid groups (broad SMARTS) is 1. The highest BCUT2D eigenvalue weighted by molar-refractivity contribution is 5.74. The summed E-state index contributed by atoms with van der Waals surface area (Å²) in [5.74, 6) is -0.00957. The standard InChI is InChI=1S/C12H22N2O2/c13-10-6-11(12(15)16)14(8-10)7-9-4-2-1-3-5-9/h9-11H,1-8,13H2,(H,15,16)/t10-,11+/m0/s1. The molecular weight excluding hydrogens is 204 g/mol. The minimum absolute atomic E-state index is 0.0460. The number of hydrogen-bond donors (Lipinski definition) is 2. The van der Waals surface area contributed by atoms with Crippen molar-refractivity contribution in [2.75, 3.05) is 13.1 Å². The minimum Gasteiger partial charge on any atom is -0.480 e. The molecule has 1 saturated carbocycles. The van der Waals surface area contributed by atoms with Crippen LogP contribution in [0.5, 0.6) is 0 Å². The largest absolute Gasteiger partial charge is 0.480 e. The lowest BCUT2D eigenvalue weighted by Crippen LogP contribution is -2.39. The molecule has 0 unspecified atom stereocenters. The summed E-state index contributed by atoms with van der Waals surface area (Å²) in [7, 11) is 0. The third kappa shape index (κ3) is 2.74. The van der Waals surface area contributed by atoms with Crippen LogP contribution in [0.25, 0.3) is 0 Å². The fourth-order valence-corrected chi connectivity index (χ4v) is 3.10. The van der Waals surface area contributed by atoms with Gasteiger partial charge in [-0.1, -0.05) is 19.3 Å². The van der Waals surface area contributed by atoms with Gasteiger partial charge in [0.1, 0.15) is 6.04 Å². The zero-order valence-corrected chi connectivity index (χ0v) is 9.77. The lowest BCUT2D eigenvalue weighted by Gasteiger charge is -2.29. The Bertz CT molecular complexity index is 251. The molecule has 0 spiro atoms. The number of aliphatic carboxylic acids is 1. The SMILES string of the molecule is N[C@H]1C[C@H](C(=O)O)N(CC2CCCCC2)C1. The number of rotatable bonds is 3. The van der Waals surface area contributed by atoms with Crippen LogP contribution in [-0.4, -0.2) is 41.1 Å². The van der Waals surface area contributed by atoms with E-state index in [2.05, 4.69) is 4.90 Å². The molecule has 3 N–H and O–H groups in total. The summed E-state index contributed by atoms with van der Waals surface area (Å²) in [4.78, 5) is 13.2. The molecule has 2 fully saturated rings. The van der Waals surface area contributed by atoms with Crippen LogP contribution in [0, 0.1) is 5.92 Å². The second kappa shape index (κ2) is 5.15. The molecule has 0 radical (unpaired) electrons. The average molecular weight is 226 g/mol. The third-order valence-electron chi connectivity index (χ3n) is 3.94. The summed E-state index contributed by atoms with van der Waals surface area (Å²) in [5.41, 5.74) is 5.85. The Kier molecular flexibility index (Phi) is 3.82. The molecule has 0 aromatic heterocycles. The van der Waals surface area contributed by atoms with Gasteiger partial charge in [-0.2, -0.15) is 0 Å². The van der Waals surface area contributed by atoms with Gasteiger partial charge in [-0.25, -0.2) is 0 Å². The van der Waals surface area contributed by atoms with Crippen molar-refractivity contribution in [1.82, 2.24) is 4.90 Å². The van der Waals surface area contributed by atoms with Crippen LogP contribution in [0.4, 0.5) is 0 Å². The van der Waals surface area contributed by atoms with E-state index < -0.39 is 5.97 Å². The van der Waals surface area contributed by atoms with Gasteiger partial charge in [-0.3, -0.25) is 9.69 Å². The van der Waals surface area contributed by atoms with E-state index in [1.807, 2.05) is 0 Å². The summed E-state index contributed by atoms with van der Waals surface area (Å²) >= 11 is 0. The first-order valence-corrected chi connectivity index (χ1v) is 6.39.